The number of nitrogens with one attached hydrogen (secondary N) is 1. The van der Waals surface area contributed by atoms with E-state index in [0.29, 0.717) is 12.1 Å². The van der Waals surface area contributed by atoms with E-state index >= 15 is 0 Å². The maximum Gasteiger partial charge on any atom is 0.338 e. The summed E-state index contributed by atoms with van der Waals surface area (Å²) in [5.41, 5.74) is 6.54. The van der Waals surface area contributed by atoms with Crippen molar-refractivity contribution in [2.75, 3.05) is 13.2 Å². The number of ether oxygens (including phenoxy) is 1. The molecule has 0 aliphatic heterocycles. The highest BCUT2D eigenvalue weighted by Gasteiger charge is 2.31. The Kier molecular flexibility index (Phi) is 7.66. The van der Waals surface area contributed by atoms with E-state index in [1.165, 1.54) is 6.07 Å². The second kappa shape index (κ2) is 8.80. The van der Waals surface area contributed by atoms with E-state index in [2.05, 4.69) is 4.72 Å². The number of esters is 1. The lowest BCUT2D eigenvalue weighted by atomic mass is 10.1. The van der Waals surface area contributed by atoms with Crippen LogP contribution in [0.3, 0.4) is 0 Å². The Morgan fingerprint density at radius 3 is 2.71 bits per heavy atom. The molecule has 0 radical (unpaired) electrons. The van der Waals surface area contributed by atoms with Crippen LogP contribution in [0.4, 0.5) is 0 Å². The zero-order valence-corrected chi connectivity index (χ0v) is 15.6. The molecular formula is C16H25ClN2O4S. The van der Waals surface area contributed by atoms with Crippen molar-refractivity contribution in [1.82, 2.24) is 4.72 Å². The highest BCUT2D eigenvalue weighted by atomic mass is 35.5. The zero-order chi connectivity index (χ0) is 17.0. The van der Waals surface area contributed by atoms with Crippen LogP contribution in [-0.4, -0.2) is 33.6 Å². The minimum absolute atomic E-state index is 0. The molecule has 1 aromatic carbocycles. The molecule has 1 aliphatic rings. The summed E-state index contributed by atoms with van der Waals surface area (Å²) in [4.78, 5) is 11.9. The standard InChI is InChI=1S/C16H24N2O4S.ClH/c1-3-22-16(19)12-8-7-11(2)15(9-12)23(20,21)18-14-6-4-5-13(14)10-17;/h7-9,13-14,18H,3-6,10,17H2,1-2H3;1H. The van der Waals surface area contributed by atoms with E-state index in [1.54, 1.807) is 26.0 Å². The number of carbonyl (C=O) groups is 1. The van der Waals surface area contributed by atoms with Crippen molar-refractivity contribution in [3.63, 3.8) is 0 Å². The first-order chi connectivity index (χ1) is 10.9. The number of nitrogens with two attached hydrogens (primary N) is 1. The average molecular weight is 377 g/mol. The van der Waals surface area contributed by atoms with E-state index in [9.17, 15) is 13.2 Å². The maximum absolute atomic E-state index is 12.7. The second-order valence-electron chi connectivity index (χ2n) is 5.86. The zero-order valence-electron chi connectivity index (χ0n) is 13.9. The van der Waals surface area contributed by atoms with Gasteiger partial charge in [-0.2, -0.15) is 0 Å². The molecule has 6 nitrogen and oxygen atoms in total. The van der Waals surface area contributed by atoms with Crippen LogP contribution in [0.2, 0.25) is 0 Å². The molecule has 1 fully saturated rings. The lowest BCUT2D eigenvalue weighted by Gasteiger charge is -2.20. The maximum atomic E-state index is 12.7. The van der Waals surface area contributed by atoms with Gasteiger partial charge in [0.2, 0.25) is 10.0 Å². The minimum Gasteiger partial charge on any atom is -0.462 e. The van der Waals surface area contributed by atoms with Crippen LogP contribution in [0.25, 0.3) is 0 Å². The summed E-state index contributed by atoms with van der Waals surface area (Å²) in [6.45, 7) is 4.12. The summed E-state index contributed by atoms with van der Waals surface area (Å²) in [5.74, 6) is -0.358. The van der Waals surface area contributed by atoms with Crippen LogP contribution in [0, 0.1) is 12.8 Å². The third-order valence-corrected chi connectivity index (χ3v) is 5.89. The highest BCUT2D eigenvalue weighted by Crippen LogP contribution is 2.27. The quantitative estimate of drug-likeness (QED) is 0.740. The van der Waals surface area contributed by atoms with E-state index in [1.807, 2.05) is 0 Å². The molecule has 0 bridgehead atoms. The Morgan fingerprint density at radius 2 is 2.08 bits per heavy atom. The molecule has 0 heterocycles. The van der Waals surface area contributed by atoms with Gasteiger partial charge < -0.3 is 10.5 Å². The normalized spacial score (nSPS) is 20.5. The molecule has 0 saturated heterocycles. The summed E-state index contributed by atoms with van der Waals surface area (Å²) in [7, 11) is -3.70. The summed E-state index contributed by atoms with van der Waals surface area (Å²) in [6.07, 6.45) is 2.69. The summed E-state index contributed by atoms with van der Waals surface area (Å²) < 4.78 is 33.1. The number of aryl methyl sites for hydroxylation is 1. The number of sulfonamides is 1. The first-order valence-corrected chi connectivity index (χ1v) is 9.37. The average Bonchev–Trinajstić information content (AvgIpc) is 2.94. The molecule has 0 spiro atoms. The topological polar surface area (TPSA) is 98.5 Å². The van der Waals surface area contributed by atoms with Gasteiger partial charge in [0.15, 0.2) is 0 Å². The Labute approximate surface area is 149 Å². The van der Waals surface area contributed by atoms with E-state index < -0.39 is 16.0 Å². The van der Waals surface area contributed by atoms with Crippen LogP contribution in [0.5, 0.6) is 0 Å². The number of hydrogen-bond donors (Lipinski definition) is 2. The molecule has 1 saturated carbocycles. The smallest absolute Gasteiger partial charge is 0.338 e. The van der Waals surface area contributed by atoms with Gasteiger partial charge in [0.25, 0.3) is 0 Å². The van der Waals surface area contributed by atoms with Crippen molar-refractivity contribution >= 4 is 28.4 Å². The van der Waals surface area contributed by atoms with Crippen LogP contribution in [0.15, 0.2) is 23.1 Å². The van der Waals surface area contributed by atoms with Crippen molar-refractivity contribution in [1.29, 1.82) is 0 Å². The first kappa shape index (κ1) is 20.9. The van der Waals surface area contributed by atoms with E-state index in [0.717, 1.165) is 19.3 Å². The predicted octanol–water partition coefficient (Wildman–Crippen LogP) is 2.00. The molecule has 2 atom stereocenters. The third kappa shape index (κ3) is 4.69. The predicted molar refractivity (Wildman–Crippen MR) is 94.9 cm³/mol. The molecule has 2 unspecified atom stereocenters. The number of hydrogen-bond acceptors (Lipinski definition) is 5. The lowest BCUT2D eigenvalue weighted by molar-refractivity contribution is 0.0526. The van der Waals surface area contributed by atoms with Crippen molar-refractivity contribution in [2.45, 2.75) is 44.0 Å². The van der Waals surface area contributed by atoms with Gasteiger partial charge in [-0.15, -0.1) is 12.4 Å². The van der Waals surface area contributed by atoms with Crippen LogP contribution >= 0.6 is 12.4 Å². The molecule has 3 N–H and O–H groups in total. The third-order valence-electron chi connectivity index (χ3n) is 4.26. The van der Waals surface area contributed by atoms with Gasteiger partial charge in [-0.25, -0.2) is 17.9 Å². The molecule has 0 aromatic heterocycles. The van der Waals surface area contributed by atoms with Gasteiger partial charge in [0, 0.05) is 6.04 Å². The molecule has 8 heteroatoms. The summed E-state index contributed by atoms with van der Waals surface area (Å²) in [5, 5.41) is 0. The Bertz CT molecular complexity index is 679. The fraction of sp³-hybridized carbons (Fsp3) is 0.562. The van der Waals surface area contributed by atoms with Gasteiger partial charge in [0.05, 0.1) is 17.1 Å². The van der Waals surface area contributed by atoms with E-state index in [-0.39, 0.29) is 41.4 Å². The van der Waals surface area contributed by atoms with Crippen molar-refractivity contribution in [2.24, 2.45) is 11.7 Å². The molecule has 1 aromatic rings. The molecule has 24 heavy (non-hydrogen) atoms. The van der Waals surface area contributed by atoms with Gasteiger partial charge >= 0.3 is 5.97 Å². The monoisotopic (exact) mass is 376 g/mol. The van der Waals surface area contributed by atoms with Crippen LogP contribution in [-0.2, 0) is 14.8 Å². The Hall–Kier alpha value is -1.15. The second-order valence-corrected chi connectivity index (χ2v) is 7.54. The molecule has 136 valence electrons. The first-order valence-electron chi connectivity index (χ1n) is 7.89. The van der Waals surface area contributed by atoms with E-state index in [4.69, 9.17) is 10.5 Å². The minimum atomic E-state index is -3.70. The number of rotatable bonds is 6. The van der Waals surface area contributed by atoms with Gasteiger partial charge in [-0.1, -0.05) is 12.5 Å². The Balaban J connectivity index is 0.00000288. The van der Waals surface area contributed by atoms with Crippen molar-refractivity contribution in [3.8, 4) is 0 Å². The lowest BCUT2D eigenvalue weighted by Crippen LogP contribution is -2.40. The van der Waals surface area contributed by atoms with Gasteiger partial charge in [-0.05, 0) is 56.8 Å². The number of benzene rings is 1. The summed E-state index contributed by atoms with van der Waals surface area (Å²) >= 11 is 0. The van der Waals surface area contributed by atoms with Gasteiger partial charge in [0.1, 0.15) is 0 Å². The van der Waals surface area contributed by atoms with Crippen LogP contribution < -0.4 is 10.5 Å². The molecule has 1 aliphatic carbocycles. The molecule has 0 amide bonds. The highest BCUT2D eigenvalue weighted by molar-refractivity contribution is 7.89. The largest absolute Gasteiger partial charge is 0.462 e. The SMILES string of the molecule is CCOC(=O)c1ccc(C)c(S(=O)(=O)NC2CCCC2CN)c1.Cl. The molecular weight excluding hydrogens is 352 g/mol. The summed E-state index contributed by atoms with van der Waals surface area (Å²) in [6, 6.07) is 4.43. The fourth-order valence-electron chi connectivity index (χ4n) is 2.97. The number of carbonyl (C=O) groups excluding carboxylic acids is 1. The Morgan fingerprint density at radius 1 is 1.38 bits per heavy atom. The van der Waals surface area contributed by atoms with Crippen LogP contribution in [0.1, 0.15) is 42.1 Å². The van der Waals surface area contributed by atoms with Crippen molar-refractivity contribution < 1.29 is 17.9 Å². The molecule has 2 rings (SSSR count). The fourth-order valence-corrected chi connectivity index (χ4v) is 4.58. The van der Waals surface area contributed by atoms with Crippen molar-refractivity contribution in [3.05, 3.63) is 29.3 Å². The van der Waals surface area contributed by atoms with Gasteiger partial charge in [-0.3, -0.25) is 0 Å². The number of halogens is 1.